The van der Waals surface area contributed by atoms with Crippen molar-refractivity contribution in [2.24, 2.45) is 0 Å². The summed E-state index contributed by atoms with van der Waals surface area (Å²) in [7, 11) is 0. The van der Waals surface area contributed by atoms with Crippen LogP contribution in [0, 0.1) is 6.92 Å². The highest BCUT2D eigenvalue weighted by Gasteiger charge is 2.30. The van der Waals surface area contributed by atoms with Crippen molar-refractivity contribution in [2.75, 3.05) is 5.32 Å². The second-order valence-corrected chi connectivity index (χ2v) is 5.62. The molecule has 1 N–H and O–H groups in total. The number of nitrogens with zero attached hydrogens (tertiary/aromatic N) is 2. The molecular formula is C19H14F3N3O2. The maximum atomic E-state index is 12.4. The van der Waals surface area contributed by atoms with E-state index in [1.165, 1.54) is 18.3 Å². The first-order chi connectivity index (χ1) is 12.8. The maximum Gasteiger partial charge on any atom is 0.573 e. The Morgan fingerprint density at radius 1 is 1.11 bits per heavy atom. The third-order valence-electron chi connectivity index (χ3n) is 3.66. The third kappa shape index (κ3) is 4.81. The van der Waals surface area contributed by atoms with Gasteiger partial charge in [0, 0.05) is 41.1 Å². The highest BCUT2D eigenvalue weighted by Crippen LogP contribution is 2.25. The Labute approximate surface area is 152 Å². The van der Waals surface area contributed by atoms with Crippen molar-refractivity contribution in [2.45, 2.75) is 13.3 Å². The van der Waals surface area contributed by atoms with Crippen LogP contribution in [0.5, 0.6) is 5.75 Å². The number of ether oxygens (including phenoxy) is 1. The van der Waals surface area contributed by atoms with Gasteiger partial charge < -0.3 is 10.1 Å². The molecule has 0 bridgehead atoms. The molecule has 0 radical (unpaired) electrons. The lowest BCUT2D eigenvalue weighted by molar-refractivity contribution is -0.274. The third-order valence-corrected chi connectivity index (χ3v) is 3.66. The number of pyridine rings is 2. The second kappa shape index (κ2) is 7.45. The van der Waals surface area contributed by atoms with Gasteiger partial charge in [0.15, 0.2) is 0 Å². The van der Waals surface area contributed by atoms with E-state index in [-0.39, 0.29) is 5.75 Å². The zero-order chi connectivity index (χ0) is 19.4. The first kappa shape index (κ1) is 18.4. The van der Waals surface area contributed by atoms with E-state index in [1.54, 1.807) is 24.5 Å². The molecule has 2 aromatic heterocycles. The summed E-state index contributed by atoms with van der Waals surface area (Å²) in [5.41, 5.74) is 3.04. The Morgan fingerprint density at radius 3 is 2.52 bits per heavy atom. The minimum absolute atomic E-state index is 0.311. The van der Waals surface area contributed by atoms with Gasteiger partial charge in [-0.15, -0.1) is 13.2 Å². The van der Waals surface area contributed by atoms with Gasteiger partial charge in [0.2, 0.25) is 0 Å². The van der Waals surface area contributed by atoms with Gasteiger partial charge in [0.1, 0.15) is 5.75 Å². The Kier molecular flexibility index (Phi) is 5.07. The molecule has 0 unspecified atom stereocenters. The van der Waals surface area contributed by atoms with Crippen LogP contribution in [-0.2, 0) is 0 Å². The molecular weight excluding hydrogens is 359 g/mol. The molecule has 0 aliphatic heterocycles. The highest BCUT2D eigenvalue weighted by atomic mass is 19.4. The predicted molar refractivity (Wildman–Crippen MR) is 93.3 cm³/mol. The number of rotatable bonds is 4. The topological polar surface area (TPSA) is 64.1 Å². The molecule has 0 aliphatic carbocycles. The van der Waals surface area contributed by atoms with Crippen molar-refractivity contribution in [3.8, 4) is 16.9 Å². The average molecular weight is 373 g/mol. The number of aromatic nitrogens is 2. The number of alkyl halides is 3. The van der Waals surface area contributed by atoms with E-state index in [1.807, 2.05) is 13.0 Å². The van der Waals surface area contributed by atoms with Crippen molar-refractivity contribution in [1.29, 1.82) is 0 Å². The zero-order valence-corrected chi connectivity index (χ0v) is 14.1. The molecule has 2 heterocycles. The smallest absolute Gasteiger partial charge is 0.406 e. The van der Waals surface area contributed by atoms with Crippen molar-refractivity contribution >= 4 is 11.6 Å². The van der Waals surface area contributed by atoms with E-state index in [9.17, 15) is 18.0 Å². The lowest BCUT2D eigenvalue weighted by Gasteiger charge is -2.10. The van der Waals surface area contributed by atoms with Crippen LogP contribution in [0.4, 0.5) is 18.9 Å². The molecule has 5 nitrogen and oxygen atoms in total. The quantitative estimate of drug-likeness (QED) is 0.726. The van der Waals surface area contributed by atoms with E-state index < -0.39 is 12.3 Å². The van der Waals surface area contributed by atoms with E-state index in [0.29, 0.717) is 11.3 Å². The Morgan fingerprint density at radius 2 is 1.85 bits per heavy atom. The molecule has 8 heteroatoms. The number of amides is 1. The van der Waals surface area contributed by atoms with Crippen molar-refractivity contribution in [1.82, 2.24) is 9.97 Å². The van der Waals surface area contributed by atoms with Gasteiger partial charge in [-0.3, -0.25) is 14.8 Å². The summed E-state index contributed by atoms with van der Waals surface area (Å²) in [4.78, 5) is 20.7. The summed E-state index contributed by atoms with van der Waals surface area (Å²) in [6, 6.07) is 10.2. The molecule has 27 heavy (non-hydrogen) atoms. The minimum Gasteiger partial charge on any atom is -0.406 e. The number of aryl methyl sites for hydroxylation is 1. The maximum absolute atomic E-state index is 12.4. The number of nitrogens with one attached hydrogen (secondary N) is 1. The summed E-state index contributed by atoms with van der Waals surface area (Å²) in [5, 5.41) is 2.61. The summed E-state index contributed by atoms with van der Waals surface area (Å²) in [5.74, 6) is -0.799. The predicted octanol–water partition coefficient (Wildman–Crippen LogP) is 4.60. The van der Waals surface area contributed by atoms with Crippen molar-refractivity contribution in [3.63, 3.8) is 0 Å². The molecule has 0 saturated carbocycles. The second-order valence-electron chi connectivity index (χ2n) is 5.62. The number of benzene rings is 1. The van der Waals surface area contributed by atoms with Crippen molar-refractivity contribution < 1.29 is 22.7 Å². The summed E-state index contributed by atoms with van der Waals surface area (Å²) >= 11 is 0. The van der Waals surface area contributed by atoms with Crippen LogP contribution in [0.15, 0.2) is 61.1 Å². The van der Waals surface area contributed by atoms with Gasteiger partial charge in [0.25, 0.3) is 5.91 Å². The Hall–Kier alpha value is -3.42. The first-order valence-corrected chi connectivity index (χ1v) is 7.86. The molecule has 1 amide bonds. The number of hydrogen-bond donors (Lipinski definition) is 1. The van der Waals surface area contributed by atoms with Crippen LogP contribution in [0.3, 0.4) is 0 Å². The van der Waals surface area contributed by atoms with E-state index in [4.69, 9.17) is 0 Å². The normalized spacial score (nSPS) is 11.1. The highest BCUT2D eigenvalue weighted by molar-refractivity contribution is 6.04. The van der Waals surface area contributed by atoms with Crippen LogP contribution < -0.4 is 10.1 Å². The number of carbonyl (C=O) groups excluding carboxylic acids is 1. The fourth-order valence-corrected chi connectivity index (χ4v) is 2.44. The van der Waals surface area contributed by atoms with Gasteiger partial charge >= 0.3 is 6.36 Å². The lowest BCUT2D eigenvalue weighted by atomic mass is 10.0. The molecule has 0 fully saturated rings. The zero-order valence-electron chi connectivity index (χ0n) is 14.1. The van der Waals surface area contributed by atoms with E-state index >= 15 is 0 Å². The monoisotopic (exact) mass is 373 g/mol. The molecule has 1 aromatic carbocycles. The Balaban J connectivity index is 1.75. The molecule has 0 aliphatic rings. The van der Waals surface area contributed by atoms with E-state index in [0.717, 1.165) is 29.0 Å². The lowest BCUT2D eigenvalue weighted by Crippen LogP contribution is -2.17. The largest absolute Gasteiger partial charge is 0.573 e. The molecule has 0 saturated heterocycles. The van der Waals surface area contributed by atoms with Crippen LogP contribution in [0.2, 0.25) is 0 Å². The molecule has 3 rings (SSSR count). The van der Waals surface area contributed by atoms with Crippen LogP contribution in [-0.4, -0.2) is 22.2 Å². The summed E-state index contributed by atoms with van der Waals surface area (Å²) in [6.07, 6.45) is -0.0496. The summed E-state index contributed by atoms with van der Waals surface area (Å²) < 4.78 is 40.3. The van der Waals surface area contributed by atoms with E-state index in [2.05, 4.69) is 20.0 Å². The van der Waals surface area contributed by atoms with Crippen molar-refractivity contribution in [3.05, 3.63) is 72.3 Å². The number of anilines is 1. The standard InChI is InChI=1S/C19H14F3N3O2/c1-12-17(3-2-8-24-12)13-9-14(11-23-10-13)18(26)25-15-4-6-16(7-5-15)27-19(20,21)22/h2-11H,1H3,(H,25,26). The Bertz CT molecular complexity index is 957. The fourth-order valence-electron chi connectivity index (χ4n) is 2.44. The van der Waals surface area contributed by atoms with Gasteiger partial charge in [-0.2, -0.15) is 0 Å². The van der Waals surface area contributed by atoms with Gasteiger partial charge in [-0.25, -0.2) is 0 Å². The fraction of sp³-hybridized carbons (Fsp3) is 0.105. The number of hydrogen-bond acceptors (Lipinski definition) is 4. The van der Waals surface area contributed by atoms with Gasteiger partial charge in [-0.1, -0.05) is 6.07 Å². The molecule has 0 spiro atoms. The molecule has 0 atom stereocenters. The molecule has 3 aromatic rings. The van der Waals surface area contributed by atoms with Gasteiger partial charge in [-0.05, 0) is 43.3 Å². The SMILES string of the molecule is Cc1ncccc1-c1cncc(C(=O)Nc2ccc(OC(F)(F)F)cc2)c1. The van der Waals surface area contributed by atoms with Gasteiger partial charge in [0.05, 0.1) is 5.56 Å². The van der Waals surface area contributed by atoms with Crippen LogP contribution >= 0.6 is 0 Å². The number of halogens is 3. The average Bonchev–Trinajstić information content (AvgIpc) is 2.62. The first-order valence-electron chi connectivity index (χ1n) is 7.86. The van der Waals surface area contributed by atoms with Crippen LogP contribution in [0.1, 0.15) is 16.1 Å². The molecule has 138 valence electrons. The summed E-state index contributed by atoms with van der Waals surface area (Å²) in [6.45, 7) is 1.85. The minimum atomic E-state index is -4.76. The van der Waals surface area contributed by atoms with Crippen LogP contribution in [0.25, 0.3) is 11.1 Å². The number of carbonyl (C=O) groups is 1.